The summed E-state index contributed by atoms with van der Waals surface area (Å²) in [6, 6.07) is 12.0. The van der Waals surface area contributed by atoms with E-state index in [0.717, 1.165) is 5.56 Å². The molecule has 2 aromatic carbocycles. The maximum atomic E-state index is 12.1. The Labute approximate surface area is 140 Å². The molecule has 1 atom stereocenters. The molecule has 2 rings (SSSR count). The summed E-state index contributed by atoms with van der Waals surface area (Å²) >= 11 is 5.89. The fraction of sp³-hybridized carbons (Fsp3) is 0.235. The van der Waals surface area contributed by atoms with Crippen LogP contribution >= 0.6 is 11.6 Å². The lowest BCUT2D eigenvalue weighted by molar-refractivity contribution is 0.249. The molecule has 0 fully saturated rings. The van der Waals surface area contributed by atoms with Crippen LogP contribution in [0.2, 0.25) is 5.02 Å². The van der Waals surface area contributed by atoms with Crippen LogP contribution in [0.15, 0.2) is 42.5 Å². The molecule has 0 radical (unpaired) electrons. The van der Waals surface area contributed by atoms with Gasteiger partial charge in [0.25, 0.3) is 0 Å². The van der Waals surface area contributed by atoms with Crippen molar-refractivity contribution in [3.8, 4) is 11.5 Å². The highest BCUT2D eigenvalue weighted by molar-refractivity contribution is 6.30. The van der Waals surface area contributed by atoms with E-state index in [0.29, 0.717) is 22.2 Å². The summed E-state index contributed by atoms with van der Waals surface area (Å²) in [7, 11) is 3.16. The Morgan fingerprint density at radius 1 is 1.09 bits per heavy atom. The van der Waals surface area contributed by atoms with Gasteiger partial charge in [0.15, 0.2) is 11.5 Å². The number of carbonyl (C=O) groups excluding carboxylic acids is 1. The zero-order chi connectivity index (χ0) is 16.8. The van der Waals surface area contributed by atoms with Gasteiger partial charge in [0.05, 0.1) is 20.3 Å². The molecule has 2 amide bonds. The van der Waals surface area contributed by atoms with Crippen LogP contribution in [0.1, 0.15) is 18.5 Å². The van der Waals surface area contributed by atoms with Gasteiger partial charge >= 0.3 is 6.03 Å². The van der Waals surface area contributed by atoms with Crippen LogP contribution in [0.3, 0.4) is 0 Å². The number of ether oxygens (including phenoxy) is 2. The third kappa shape index (κ3) is 4.53. The molecule has 0 aliphatic carbocycles. The van der Waals surface area contributed by atoms with E-state index in [1.165, 1.54) is 0 Å². The zero-order valence-corrected chi connectivity index (χ0v) is 14.0. The maximum absolute atomic E-state index is 12.1. The third-order valence-corrected chi connectivity index (χ3v) is 3.57. The van der Waals surface area contributed by atoms with Gasteiger partial charge in [-0.25, -0.2) is 4.79 Å². The van der Waals surface area contributed by atoms with Crippen LogP contribution in [0, 0.1) is 0 Å². The normalized spacial score (nSPS) is 11.5. The van der Waals surface area contributed by atoms with Crippen molar-refractivity contribution in [2.75, 3.05) is 19.5 Å². The molecule has 0 saturated carbocycles. The molecule has 5 nitrogen and oxygen atoms in total. The van der Waals surface area contributed by atoms with Crippen LogP contribution in [-0.4, -0.2) is 20.3 Å². The van der Waals surface area contributed by atoms with Crippen molar-refractivity contribution in [1.29, 1.82) is 0 Å². The summed E-state index contributed by atoms with van der Waals surface area (Å²) in [4.78, 5) is 12.1. The van der Waals surface area contributed by atoms with Crippen LogP contribution in [-0.2, 0) is 0 Å². The minimum Gasteiger partial charge on any atom is -0.493 e. The number of benzene rings is 2. The van der Waals surface area contributed by atoms with E-state index in [4.69, 9.17) is 21.1 Å². The second-order valence-electron chi connectivity index (χ2n) is 4.94. The standard InChI is InChI=1S/C17H19ClN2O3/c1-11(12-7-8-15(22-2)16(9-12)23-3)19-17(21)20-14-6-4-5-13(18)10-14/h4-11H,1-3H3,(H2,19,20,21)/t11-/m0/s1. The quantitative estimate of drug-likeness (QED) is 0.859. The van der Waals surface area contributed by atoms with E-state index >= 15 is 0 Å². The predicted molar refractivity (Wildman–Crippen MR) is 91.6 cm³/mol. The first-order valence-electron chi connectivity index (χ1n) is 7.08. The molecule has 0 spiro atoms. The number of carbonyl (C=O) groups is 1. The molecule has 0 aliphatic heterocycles. The lowest BCUT2D eigenvalue weighted by Crippen LogP contribution is -2.31. The van der Waals surface area contributed by atoms with Gasteiger partial charge in [-0.3, -0.25) is 0 Å². The van der Waals surface area contributed by atoms with E-state index in [-0.39, 0.29) is 12.1 Å². The lowest BCUT2D eigenvalue weighted by Gasteiger charge is -2.17. The van der Waals surface area contributed by atoms with E-state index in [2.05, 4.69) is 10.6 Å². The summed E-state index contributed by atoms with van der Waals surface area (Å²) in [5.41, 5.74) is 1.54. The minimum absolute atomic E-state index is 0.200. The number of anilines is 1. The van der Waals surface area contributed by atoms with Crippen molar-refractivity contribution >= 4 is 23.3 Å². The molecule has 0 aromatic heterocycles. The minimum atomic E-state index is -0.311. The van der Waals surface area contributed by atoms with E-state index in [9.17, 15) is 4.79 Å². The van der Waals surface area contributed by atoms with Crippen LogP contribution in [0.25, 0.3) is 0 Å². The number of amides is 2. The monoisotopic (exact) mass is 334 g/mol. The number of nitrogens with one attached hydrogen (secondary N) is 2. The molecular formula is C17H19ClN2O3. The Morgan fingerprint density at radius 2 is 1.83 bits per heavy atom. The summed E-state index contributed by atoms with van der Waals surface area (Å²) < 4.78 is 10.5. The molecule has 122 valence electrons. The van der Waals surface area contributed by atoms with E-state index < -0.39 is 0 Å². The Morgan fingerprint density at radius 3 is 2.48 bits per heavy atom. The van der Waals surface area contributed by atoms with Crippen molar-refractivity contribution < 1.29 is 14.3 Å². The number of urea groups is 1. The third-order valence-electron chi connectivity index (χ3n) is 3.34. The van der Waals surface area contributed by atoms with Gasteiger partial charge in [0.2, 0.25) is 0 Å². The Kier molecular flexibility index (Phi) is 5.71. The first-order chi connectivity index (χ1) is 11.0. The van der Waals surface area contributed by atoms with Gasteiger partial charge in [-0.2, -0.15) is 0 Å². The summed E-state index contributed by atoms with van der Waals surface area (Å²) in [6.07, 6.45) is 0. The van der Waals surface area contributed by atoms with Gasteiger partial charge in [-0.05, 0) is 42.8 Å². The molecule has 23 heavy (non-hydrogen) atoms. The van der Waals surface area contributed by atoms with E-state index in [1.54, 1.807) is 44.6 Å². The maximum Gasteiger partial charge on any atom is 0.319 e. The summed E-state index contributed by atoms with van der Waals surface area (Å²) in [6.45, 7) is 1.89. The van der Waals surface area contributed by atoms with Crippen LogP contribution < -0.4 is 20.1 Å². The van der Waals surface area contributed by atoms with E-state index in [1.807, 2.05) is 19.1 Å². The van der Waals surface area contributed by atoms with Gasteiger partial charge < -0.3 is 20.1 Å². The Bertz CT molecular complexity index is 691. The summed E-state index contributed by atoms with van der Waals surface area (Å²) in [5, 5.41) is 6.17. The Balaban J connectivity index is 2.03. The molecular weight excluding hydrogens is 316 g/mol. The number of methoxy groups -OCH3 is 2. The first kappa shape index (κ1) is 17.0. The first-order valence-corrected chi connectivity index (χ1v) is 7.46. The number of hydrogen-bond acceptors (Lipinski definition) is 3. The summed E-state index contributed by atoms with van der Waals surface area (Å²) in [5.74, 6) is 1.26. The zero-order valence-electron chi connectivity index (χ0n) is 13.2. The van der Waals surface area contributed by atoms with Crippen molar-refractivity contribution in [1.82, 2.24) is 5.32 Å². The fourth-order valence-corrected chi connectivity index (χ4v) is 2.33. The Hall–Kier alpha value is -2.40. The van der Waals surface area contributed by atoms with Crippen LogP contribution in [0.4, 0.5) is 10.5 Å². The molecule has 0 unspecified atom stereocenters. The SMILES string of the molecule is COc1ccc([C@H](C)NC(=O)Nc2cccc(Cl)c2)cc1OC. The van der Waals surface area contributed by atoms with Crippen molar-refractivity contribution in [2.24, 2.45) is 0 Å². The van der Waals surface area contributed by atoms with Crippen molar-refractivity contribution in [2.45, 2.75) is 13.0 Å². The average molecular weight is 335 g/mol. The van der Waals surface area contributed by atoms with Gasteiger partial charge in [-0.1, -0.05) is 23.7 Å². The predicted octanol–water partition coefficient (Wildman–Crippen LogP) is 4.24. The molecule has 0 bridgehead atoms. The topological polar surface area (TPSA) is 59.6 Å². The molecule has 2 aromatic rings. The molecule has 0 aliphatic rings. The number of hydrogen-bond donors (Lipinski definition) is 2. The van der Waals surface area contributed by atoms with Gasteiger partial charge in [0.1, 0.15) is 0 Å². The average Bonchev–Trinajstić information content (AvgIpc) is 2.53. The highest BCUT2D eigenvalue weighted by Crippen LogP contribution is 2.29. The molecule has 6 heteroatoms. The van der Waals surface area contributed by atoms with Gasteiger partial charge in [-0.15, -0.1) is 0 Å². The van der Waals surface area contributed by atoms with Crippen molar-refractivity contribution in [3.05, 3.63) is 53.1 Å². The van der Waals surface area contributed by atoms with Crippen molar-refractivity contribution in [3.63, 3.8) is 0 Å². The second-order valence-corrected chi connectivity index (χ2v) is 5.38. The van der Waals surface area contributed by atoms with Gasteiger partial charge in [0, 0.05) is 10.7 Å². The number of halogens is 1. The van der Waals surface area contributed by atoms with Crippen LogP contribution in [0.5, 0.6) is 11.5 Å². The fourth-order valence-electron chi connectivity index (χ4n) is 2.14. The smallest absolute Gasteiger partial charge is 0.319 e. The lowest BCUT2D eigenvalue weighted by atomic mass is 10.1. The number of rotatable bonds is 5. The largest absolute Gasteiger partial charge is 0.493 e. The molecule has 0 saturated heterocycles. The highest BCUT2D eigenvalue weighted by Gasteiger charge is 2.12. The molecule has 0 heterocycles. The molecule has 2 N–H and O–H groups in total. The highest BCUT2D eigenvalue weighted by atomic mass is 35.5. The second kappa shape index (κ2) is 7.74.